The number of thiazole rings is 1. The summed E-state index contributed by atoms with van der Waals surface area (Å²) in [6, 6.07) is 15.6. The van der Waals surface area contributed by atoms with Gasteiger partial charge in [-0.1, -0.05) is 23.5 Å². The number of nitrogens with zero attached hydrogens (tertiary/aromatic N) is 2. The van der Waals surface area contributed by atoms with Gasteiger partial charge in [-0.25, -0.2) is 13.4 Å². The molecular weight excluding hydrogens is 332 g/mol. The first-order valence-corrected chi connectivity index (χ1v) is 8.98. The van der Waals surface area contributed by atoms with Crippen LogP contribution >= 0.6 is 11.3 Å². The van der Waals surface area contributed by atoms with Crippen molar-refractivity contribution in [2.75, 3.05) is 16.6 Å². The minimum absolute atomic E-state index is 0.138. The normalized spacial score (nSPS) is 11.1. The molecule has 0 saturated heterocycles. The van der Waals surface area contributed by atoms with E-state index in [2.05, 4.69) is 15.0 Å². The molecule has 0 atom stereocenters. The van der Waals surface area contributed by atoms with Gasteiger partial charge in [0, 0.05) is 5.69 Å². The first-order chi connectivity index (χ1) is 11.1. The number of sulfonamides is 1. The van der Waals surface area contributed by atoms with E-state index in [0.717, 1.165) is 10.2 Å². The van der Waals surface area contributed by atoms with Crippen molar-refractivity contribution in [2.24, 2.45) is 0 Å². The van der Waals surface area contributed by atoms with Gasteiger partial charge >= 0.3 is 0 Å². The number of hydrogen-bond acceptors (Lipinski definition) is 6. The average molecular weight is 344 g/mol. The van der Waals surface area contributed by atoms with Crippen LogP contribution in [0.25, 0.3) is 10.2 Å². The maximum atomic E-state index is 12.4. The van der Waals surface area contributed by atoms with Crippen molar-refractivity contribution >= 4 is 42.4 Å². The number of benzene rings is 2. The molecular formula is C15H12N4O2S2. The average Bonchev–Trinajstić information content (AvgIpc) is 2.94. The molecule has 0 aliphatic carbocycles. The lowest BCUT2D eigenvalue weighted by Crippen LogP contribution is -2.12. The minimum atomic E-state index is -3.69. The van der Waals surface area contributed by atoms with Crippen LogP contribution in [-0.2, 0) is 10.0 Å². The molecule has 0 saturated carbocycles. The molecule has 8 heteroatoms. The number of aromatic nitrogens is 1. The van der Waals surface area contributed by atoms with Crippen molar-refractivity contribution in [1.29, 1.82) is 5.26 Å². The van der Waals surface area contributed by atoms with Gasteiger partial charge in [-0.05, 0) is 36.4 Å². The quantitative estimate of drug-likeness (QED) is 0.694. The number of nitriles is 1. The van der Waals surface area contributed by atoms with Gasteiger partial charge in [0.2, 0.25) is 0 Å². The van der Waals surface area contributed by atoms with Crippen LogP contribution in [0.15, 0.2) is 53.4 Å². The topological polar surface area (TPSA) is 94.9 Å². The third-order valence-electron chi connectivity index (χ3n) is 3.05. The molecule has 1 heterocycles. The van der Waals surface area contributed by atoms with Gasteiger partial charge in [0.25, 0.3) is 10.0 Å². The summed E-state index contributed by atoms with van der Waals surface area (Å²) in [6.45, 7) is 0.163. The van der Waals surface area contributed by atoms with Gasteiger partial charge in [0.05, 0.1) is 21.2 Å². The van der Waals surface area contributed by atoms with Gasteiger partial charge in [0.1, 0.15) is 6.54 Å². The van der Waals surface area contributed by atoms with E-state index in [-0.39, 0.29) is 11.4 Å². The lowest BCUT2D eigenvalue weighted by molar-refractivity contribution is 0.601. The molecule has 2 N–H and O–H groups in total. The standard InChI is InChI=1S/C15H12N4O2S2/c16-9-10-17-11-5-7-12(8-6-11)23(20,21)19-15-18-13-3-1-2-4-14(13)22-15/h1-8,17H,10H2,(H,18,19). The van der Waals surface area contributed by atoms with E-state index in [1.54, 1.807) is 12.1 Å². The SMILES string of the molecule is N#CCNc1ccc(S(=O)(=O)Nc2nc3ccccc3s2)cc1. The van der Waals surface area contributed by atoms with Crippen LogP contribution in [0.4, 0.5) is 10.8 Å². The van der Waals surface area contributed by atoms with Gasteiger partial charge in [-0.15, -0.1) is 0 Å². The summed E-state index contributed by atoms with van der Waals surface area (Å²) >= 11 is 1.28. The number of anilines is 2. The summed E-state index contributed by atoms with van der Waals surface area (Å²) in [5.41, 5.74) is 1.44. The molecule has 0 aliphatic heterocycles. The van der Waals surface area contributed by atoms with Crippen molar-refractivity contribution in [3.8, 4) is 6.07 Å². The molecule has 0 unspecified atom stereocenters. The Labute approximate surface area is 137 Å². The lowest BCUT2D eigenvalue weighted by atomic mass is 10.3. The molecule has 116 valence electrons. The van der Waals surface area contributed by atoms with Crippen LogP contribution in [0.2, 0.25) is 0 Å². The molecule has 0 spiro atoms. The molecule has 3 rings (SSSR count). The minimum Gasteiger partial charge on any atom is -0.372 e. The molecule has 1 aromatic heterocycles. The second-order valence-corrected chi connectivity index (χ2v) is 7.34. The fourth-order valence-electron chi connectivity index (χ4n) is 1.98. The molecule has 2 aromatic carbocycles. The van der Waals surface area contributed by atoms with Crippen molar-refractivity contribution in [1.82, 2.24) is 4.98 Å². The first kappa shape index (κ1) is 15.3. The van der Waals surface area contributed by atoms with Gasteiger partial charge in [-0.2, -0.15) is 5.26 Å². The number of hydrogen-bond donors (Lipinski definition) is 2. The van der Waals surface area contributed by atoms with Crippen molar-refractivity contribution in [2.45, 2.75) is 4.90 Å². The fraction of sp³-hybridized carbons (Fsp3) is 0.0667. The second-order valence-electron chi connectivity index (χ2n) is 4.63. The largest absolute Gasteiger partial charge is 0.372 e. The highest BCUT2D eigenvalue weighted by atomic mass is 32.2. The summed E-state index contributed by atoms with van der Waals surface area (Å²) in [7, 11) is -3.69. The van der Waals surface area contributed by atoms with E-state index >= 15 is 0 Å². The monoisotopic (exact) mass is 344 g/mol. The van der Waals surface area contributed by atoms with Gasteiger partial charge in [0.15, 0.2) is 5.13 Å². The highest BCUT2D eigenvalue weighted by Gasteiger charge is 2.16. The smallest absolute Gasteiger partial charge is 0.263 e. The summed E-state index contributed by atoms with van der Waals surface area (Å²) in [5.74, 6) is 0. The molecule has 0 amide bonds. The predicted octanol–water partition coefficient (Wildman–Crippen LogP) is 3.03. The number of nitrogens with one attached hydrogen (secondary N) is 2. The zero-order valence-electron chi connectivity index (χ0n) is 11.9. The maximum Gasteiger partial charge on any atom is 0.263 e. The van der Waals surface area contributed by atoms with Crippen LogP contribution in [-0.4, -0.2) is 19.9 Å². The van der Waals surface area contributed by atoms with Crippen molar-refractivity contribution in [3.63, 3.8) is 0 Å². The lowest BCUT2D eigenvalue weighted by Gasteiger charge is -2.06. The zero-order chi connectivity index (χ0) is 16.3. The van der Waals surface area contributed by atoms with Crippen molar-refractivity contribution < 1.29 is 8.42 Å². The van der Waals surface area contributed by atoms with Crippen LogP contribution in [0.1, 0.15) is 0 Å². The molecule has 0 fully saturated rings. The predicted molar refractivity (Wildman–Crippen MR) is 91.0 cm³/mol. The van der Waals surface area contributed by atoms with Gasteiger partial charge in [-0.3, -0.25) is 4.72 Å². The van der Waals surface area contributed by atoms with Crippen LogP contribution in [0.5, 0.6) is 0 Å². The van der Waals surface area contributed by atoms with E-state index in [4.69, 9.17) is 5.26 Å². The molecule has 0 aliphatic rings. The van der Waals surface area contributed by atoms with E-state index in [0.29, 0.717) is 10.8 Å². The molecule has 23 heavy (non-hydrogen) atoms. The summed E-state index contributed by atoms with van der Waals surface area (Å²) in [6.07, 6.45) is 0. The Bertz CT molecular complexity index is 940. The highest BCUT2D eigenvalue weighted by molar-refractivity contribution is 7.93. The zero-order valence-corrected chi connectivity index (χ0v) is 13.5. The summed E-state index contributed by atoms with van der Waals surface area (Å²) in [4.78, 5) is 4.40. The van der Waals surface area contributed by atoms with Crippen LogP contribution < -0.4 is 10.0 Å². The van der Waals surface area contributed by atoms with Crippen molar-refractivity contribution in [3.05, 3.63) is 48.5 Å². The van der Waals surface area contributed by atoms with E-state index in [9.17, 15) is 8.42 Å². The Morgan fingerprint density at radius 2 is 1.87 bits per heavy atom. The maximum absolute atomic E-state index is 12.4. The van der Waals surface area contributed by atoms with Gasteiger partial charge < -0.3 is 5.32 Å². The molecule has 0 radical (unpaired) electrons. The Kier molecular flexibility index (Phi) is 4.14. The number of rotatable bonds is 5. The first-order valence-electron chi connectivity index (χ1n) is 6.68. The summed E-state index contributed by atoms with van der Waals surface area (Å²) in [5, 5.41) is 11.7. The molecule has 0 bridgehead atoms. The fourth-order valence-corrected chi connectivity index (χ4v) is 4.08. The molecule has 3 aromatic rings. The number of para-hydroxylation sites is 1. The van der Waals surface area contributed by atoms with Crippen LogP contribution in [0, 0.1) is 11.3 Å². The Morgan fingerprint density at radius 3 is 2.57 bits per heavy atom. The Morgan fingerprint density at radius 1 is 1.13 bits per heavy atom. The highest BCUT2D eigenvalue weighted by Crippen LogP contribution is 2.27. The van der Waals surface area contributed by atoms with E-state index in [1.807, 2.05) is 30.3 Å². The Hall–Kier alpha value is -2.63. The molecule has 6 nitrogen and oxygen atoms in total. The summed E-state index contributed by atoms with van der Waals surface area (Å²) < 4.78 is 28.2. The third kappa shape index (κ3) is 3.41. The Balaban J connectivity index is 1.82. The van der Waals surface area contributed by atoms with E-state index in [1.165, 1.54) is 23.5 Å². The number of fused-ring (bicyclic) bond motifs is 1. The third-order valence-corrected chi connectivity index (χ3v) is 5.49. The van der Waals surface area contributed by atoms with Crippen LogP contribution in [0.3, 0.4) is 0 Å². The van der Waals surface area contributed by atoms with E-state index < -0.39 is 10.0 Å². The second kappa shape index (κ2) is 6.24.